The predicted molar refractivity (Wildman–Crippen MR) is 65.1 cm³/mol. The van der Waals surface area contributed by atoms with E-state index >= 15 is 0 Å². The van der Waals surface area contributed by atoms with Gasteiger partial charge in [0.15, 0.2) is 12.9 Å². The molecule has 0 aromatic rings. The zero-order valence-corrected chi connectivity index (χ0v) is 8.67. The zero-order chi connectivity index (χ0) is 10.8. The Morgan fingerprint density at radius 2 is 1.93 bits per heavy atom. The van der Waals surface area contributed by atoms with E-state index in [1.54, 1.807) is 30.4 Å². The fourth-order valence-electron chi connectivity index (χ4n) is 0.716. The number of rotatable bonds is 6. The van der Waals surface area contributed by atoms with Gasteiger partial charge in [0, 0.05) is 5.57 Å². The van der Waals surface area contributed by atoms with Gasteiger partial charge in [-0.05, 0) is 11.5 Å². The molecular weight excluding hydrogens is 191 g/mol. The van der Waals surface area contributed by atoms with E-state index in [0.29, 0.717) is 5.57 Å². The van der Waals surface area contributed by atoms with E-state index in [9.17, 15) is 4.79 Å². The molecule has 70 valence electrons. The highest BCUT2D eigenvalue weighted by atomic mass is 32.2. The molecule has 14 heavy (non-hydrogen) atoms. The molecule has 1 nitrogen and oxygen atoms in total. The highest BCUT2D eigenvalue weighted by molar-refractivity contribution is 8.22. The summed E-state index contributed by atoms with van der Waals surface area (Å²) in [5.41, 5.74) is 0.546. The zero-order valence-electron chi connectivity index (χ0n) is 7.85. The van der Waals surface area contributed by atoms with Gasteiger partial charge >= 0.3 is 0 Å². The number of allylic oxidation sites excluding steroid dienone is 7. The maximum atomic E-state index is 11.4. The van der Waals surface area contributed by atoms with Gasteiger partial charge in [-0.3, -0.25) is 4.79 Å². The number of ketones is 1. The number of hydrogen-bond donors (Lipinski definition) is 0. The standard InChI is InChI=1S/C11H11BOS/c1-3-5-7-10(6-4-2)11(13)8-9-14-12/h3-9H,1-2H2/b7-5-,9-8+,10-6+. The Bertz CT molecular complexity index is 300. The van der Waals surface area contributed by atoms with Gasteiger partial charge in [0.25, 0.3) is 0 Å². The van der Waals surface area contributed by atoms with Crippen LogP contribution in [-0.2, 0) is 4.79 Å². The molecule has 0 fully saturated rings. The molecule has 0 aliphatic carbocycles. The molecule has 0 aromatic carbocycles. The minimum Gasteiger partial charge on any atom is -0.289 e. The molecule has 0 spiro atoms. The molecule has 0 amide bonds. The van der Waals surface area contributed by atoms with E-state index < -0.39 is 0 Å². The summed E-state index contributed by atoms with van der Waals surface area (Å²) < 4.78 is 0. The lowest BCUT2D eigenvalue weighted by molar-refractivity contribution is -0.111. The Balaban J connectivity index is 4.66. The minimum absolute atomic E-state index is 0.110. The Kier molecular flexibility index (Phi) is 7.66. The molecular formula is C11H11BOS. The molecule has 0 heterocycles. The van der Waals surface area contributed by atoms with Gasteiger partial charge in [-0.15, -0.1) is 0 Å². The van der Waals surface area contributed by atoms with Crippen LogP contribution in [0.25, 0.3) is 0 Å². The van der Waals surface area contributed by atoms with Crippen LogP contribution in [0.2, 0.25) is 0 Å². The van der Waals surface area contributed by atoms with Crippen molar-refractivity contribution >= 4 is 24.5 Å². The maximum absolute atomic E-state index is 11.4. The van der Waals surface area contributed by atoms with Gasteiger partial charge < -0.3 is 0 Å². The molecule has 0 atom stereocenters. The lowest BCUT2D eigenvalue weighted by Gasteiger charge is -1.93. The maximum Gasteiger partial charge on any atom is 0.186 e. The second kappa shape index (κ2) is 8.39. The molecule has 2 radical (unpaired) electrons. The van der Waals surface area contributed by atoms with Gasteiger partial charge in [0.05, 0.1) is 0 Å². The average molecular weight is 202 g/mol. The molecule has 0 aromatic heterocycles. The molecule has 0 unspecified atom stereocenters. The SMILES string of the molecule is [B]S/C=C/C(=O)C(/C=C\C=C)=C/C=C. The molecule has 0 N–H and O–H groups in total. The van der Waals surface area contributed by atoms with Crippen LogP contribution in [0.4, 0.5) is 0 Å². The molecule has 0 bridgehead atoms. The van der Waals surface area contributed by atoms with Gasteiger partial charge in [-0.25, -0.2) is 11.6 Å². The Morgan fingerprint density at radius 3 is 2.43 bits per heavy atom. The van der Waals surface area contributed by atoms with Crippen LogP contribution >= 0.6 is 11.6 Å². The lowest BCUT2D eigenvalue weighted by atomic mass is 10.1. The van der Waals surface area contributed by atoms with Crippen LogP contribution in [0.15, 0.2) is 60.6 Å². The van der Waals surface area contributed by atoms with Crippen molar-refractivity contribution in [3.8, 4) is 0 Å². The van der Waals surface area contributed by atoms with Crippen LogP contribution in [0.5, 0.6) is 0 Å². The summed E-state index contributed by atoms with van der Waals surface area (Å²) in [7, 11) is 5.15. The van der Waals surface area contributed by atoms with Crippen molar-refractivity contribution in [3.05, 3.63) is 60.6 Å². The largest absolute Gasteiger partial charge is 0.289 e. The van der Waals surface area contributed by atoms with Crippen molar-refractivity contribution in [2.45, 2.75) is 0 Å². The molecule has 0 aliphatic heterocycles. The highest BCUT2D eigenvalue weighted by Gasteiger charge is 1.99. The Labute approximate surface area is 90.3 Å². The second-order valence-corrected chi connectivity index (χ2v) is 2.80. The van der Waals surface area contributed by atoms with Crippen LogP contribution in [0.1, 0.15) is 0 Å². The monoisotopic (exact) mass is 202 g/mol. The van der Waals surface area contributed by atoms with E-state index in [1.807, 2.05) is 0 Å². The first-order valence-electron chi connectivity index (χ1n) is 3.94. The highest BCUT2D eigenvalue weighted by Crippen LogP contribution is 2.03. The first-order valence-corrected chi connectivity index (χ1v) is 4.88. The van der Waals surface area contributed by atoms with Gasteiger partial charge in [0.2, 0.25) is 0 Å². The third-order valence-electron chi connectivity index (χ3n) is 1.29. The lowest BCUT2D eigenvalue weighted by Crippen LogP contribution is -1.94. The quantitative estimate of drug-likeness (QED) is 0.374. The van der Waals surface area contributed by atoms with E-state index in [-0.39, 0.29) is 5.78 Å². The van der Waals surface area contributed by atoms with Gasteiger partial charge in [-0.2, -0.15) is 0 Å². The normalized spacial score (nSPS) is 12.1. The Morgan fingerprint density at radius 1 is 1.21 bits per heavy atom. The third kappa shape index (κ3) is 5.43. The van der Waals surface area contributed by atoms with E-state index in [0.717, 1.165) is 11.6 Å². The minimum atomic E-state index is -0.110. The summed E-state index contributed by atoms with van der Waals surface area (Å²) in [6.45, 7) is 7.05. The summed E-state index contributed by atoms with van der Waals surface area (Å²) in [4.78, 5) is 11.4. The first kappa shape index (κ1) is 12.8. The van der Waals surface area contributed by atoms with Crippen LogP contribution in [0.3, 0.4) is 0 Å². The summed E-state index contributed by atoms with van der Waals surface area (Å²) in [6.07, 6.45) is 9.57. The van der Waals surface area contributed by atoms with Crippen LogP contribution in [-0.4, -0.2) is 12.9 Å². The number of hydrogen-bond acceptors (Lipinski definition) is 2. The van der Waals surface area contributed by atoms with Crippen LogP contribution < -0.4 is 0 Å². The fourth-order valence-corrected chi connectivity index (χ4v) is 0.918. The molecule has 3 heteroatoms. The third-order valence-corrected chi connectivity index (χ3v) is 1.58. The predicted octanol–water partition coefficient (Wildman–Crippen LogP) is 2.74. The molecule has 0 rings (SSSR count). The van der Waals surface area contributed by atoms with Gasteiger partial charge in [-0.1, -0.05) is 43.5 Å². The molecule has 0 aliphatic rings. The van der Waals surface area contributed by atoms with Crippen molar-refractivity contribution in [2.75, 3.05) is 0 Å². The van der Waals surface area contributed by atoms with Crippen molar-refractivity contribution < 1.29 is 4.79 Å². The second-order valence-electron chi connectivity index (χ2n) is 2.26. The summed E-state index contributed by atoms with van der Waals surface area (Å²) in [6, 6.07) is 0. The first-order chi connectivity index (χ1) is 6.76. The molecule has 0 saturated carbocycles. The van der Waals surface area contributed by atoms with Gasteiger partial charge in [0.1, 0.15) is 0 Å². The summed E-state index contributed by atoms with van der Waals surface area (Å²) >= 11 is 0.991. The van der Waals surface area contributed by atoms with E-state index in [4.69, 9.17) is 7.12 Å². The van der Waals surface area contributed by atoms with E-state index in [1.165, 1.54) is 11.5 Å². The average Bonchev–Trinajstić information content (AvgIpc) is 2.20. The topological polar surface area (TPSA) is 17.1 Å². The summed E-state index contributed by atoms with van der Waals surface area (Å²) in [5.74, 6) is -0.110. The summed E-state index contributed by atoms with van der Waals surface area (Å²) in [5, 5.41) is 1.53. The number of carbonyl (C=O) groups excluding carboxylic acids is 1. The Hall–Kier alpha value is -1.22. The van der Waals surface area contributed by atoms with Crippen molar-refractivity contribution in [2.24, 2.45) is 0 Å². The smallest absolute Gasteiger partial charge is 0.186 e. The number of carbonyl (C=O) groups is 1. The van der Waals surface area contributed by atoms with Crippen LogP contribution in [0, 0.1) is 0 Å². The van der Waals surface area contributed by atoms with E-state index in [2.05, 4.69) is 13.2 Å². The van der Waals surface area contributed by atoms with Crippen molar-refractivity contribution in [1.29, 1.82) is 0 Å². The van der Waals surface area contributed by atoms with Crippen molar-refractivity contribution in [3.63, 3.8) is 0 Å². The fraction of sp³-hybridized carbons (Fsp3) is 0. The van der Waals surface area contributed by atoms with Crippen molar-refractivity contribution in [1.82, 2.24) is 0 Å². The molecule has 0 saturated heterocycles.